The van der Waals surface area contributed by atoms with Gasteiger partial charge in [0.25, 0.3) is 5.91 Å². The second-order valence-corrected chi connectivity index (χ2v) is 4.91. The molecule has 2 rings (SSSR count). The molecule has 4 nitrogen and oxygen atoms in total. The van der Waals surface area contributed by atoms with Crippen LogP contribution in [0.3, 0.4) is 0 Å². The van der Waals surface area contributed by atoms with Crippen molar-refractivity contribution in [3.05, 3.63) is 29.0 Å². The number of hydrogen-bond acceptors (Lipinski definition) is 3. The summed E-state index contributed by atoms with van der Waals surface area (Å²) in [6.07, 6.45) is 7.14. The molecule has 1 saturated carbocycles. The molecule has 3 N–H and O–H groups in total. The van der Waals surface area contributed by atoms with Gasteiger partial charge in [-0.2, -0.15) is 0 Å². The lowest BCUT2D eigenvalue weighted by Gasteiger charge is -2.28. The third-order valence-corrected chi connectivity index (χ3v) is 3.65. The summed E-state index contributed by atoms with van der Waals surface area (Å²) in [6.45, 7) is 0.474. The summed E-state index contributed by atoms with van der Waals surface area (Å²) in [4.78, 5) is 16.0. The predicted octanol–water partition coefficient (Wildman–Crippen LogP) is 1.74. The lowest BCUT2D eigenvalue weighted by atomic mass is 9.97. The van der Waals surface area contributed by atoms with E-state index in [1.165, 1.54) is 6.20 Å². The number of carbonyl (C=O) groups excluding carboxylic acids is 1. The number of aromatic nitrogens is 1. The molecule has 1 aromatic heterocycles. The molecule has 0 aromatic carbocycles. The molecule has 0 spiro atoms. The van der Waals surface area contributed by atoms with Crippen molar-refractivity contribution in [1.82, 2.24) is 10.3 Å². The zero-order chi connectivity index (χ0) is 12.3. The van der Waals surface area contributed by atoms with Crippen LogP contribution < -0.4 is 11.1 Å². The van der Waals surface area contributed by atoms with E-state index in [4.69, 9.17) is 17.3 Å². The number of hydrogen-bond donors (Lipinski definition) is 2. The summed E-state index contributed by atoms with van der Waals surface area (Å²) in [5.41, 5.74) is 5.99. The van der Waals surface area contributed by atoms with Gasteiger partial charge in [0.15, 0.2) is 0 Å². The maximum absolute atomic E-state index is 12.1. The van der Waals surface area contributed by atoms with Gasteiger partial charge in [0, 0.05) is 18.9 Å². The van der Waals surface area contributed by atoms with E-state index < -0.39 is 0 Å². The zero-order valence-corrected chi connectivity index (χ0v) is 10.3. The van der Waals surface area contributed by atoms with Gasteiger partial charge in [-0.3, -0.25) is 9.78 Å². The van der Waals surface area contributed by atoms with E-state index in [1.54, 1.807) is 12.3 Å². The predicted molar refractivity (Wildman–Crippen MR) is 67.0 cm³/mol. The van der Waals surface area contributed by atoms with Crippen molar-refractivity contribution in [3.8, 4) is 0 Å². The standard InChI is InChI=1S/C12H16ClN3O/c13-10-7-15-6-3-9(10)11(17)16-12(8-14)4-1-2-5-12/h3,6-7H,1-2,4-5,8,14H2,(H,16,17). The van der Waals surface area contributed by atoms with Gasteiger partial charge in [-0.15, -0.1) is 0 Å². The van der Waals surface area contributed by atoms with Gasteiger partial charge >= 0.3 is 0 Å². The molecule has 5 heteroatoms. The average molecular weight is 254 g/mol. The molecule has 1 heterocycles. The van der Waals surface area contributed by atoms with Crippen LogP contribution in [0.2, 0.25) is 5.02 Å². The number of carbonyl (C=O) groups is 1. The third kappa shape index (κ3) is 2.58. The van der Waals surface area contributed by atoms with Crippen molar-refractivity contribution in [2.45, 2.75) is 31.2 Å². The molecule has 1 fully saturated rings. The molecular weight excluding hydrogens is 238 g/mol. The van der Waals surface area contributed by atoms with Crippen LogP contribution in [-0.4, -0.2) is 23.0 Å². The van der Waals surface area contributed by atoms with Gasteiger partial charge in [0.1, 0.15) is 0 Å². The Balaban J connectivity index is 2.14. The van der Waals surface area contributed by atoms with Crippen LogP contribution in [0.15, 0.2) is 18.5 Å². The van der Waals surface area contributed by atoms with E-state index in [1.807, 2.05) is 0 Å². The fraction of sp³-hybridized carbons (Fsp3) is 0.500. The maximum atomic E-state index is 12.1. The van der Waals surface area contributed by atoms with Crippen LogP contribution in [0, 0.1) is 0 Å². The second kappa shape index (κ2) is 5.02. The number of nitrogens with one attached hydrogen (secondary N) is 1. The van der Waals surface area contributed by atoms with E-state index in [-0.39, 0.29) is 11.4 Å². The van der Waals surface area contributed by atoms with Crippen LogP contribution in [0.25, 0.3) is 0 Å². The summed E-state index contributed by atoms with van der Waals surface area (Å²) >= 11 is 5.94. The van der Waals surface area contributed by atoms with Crippen molar-refractivity contribution < 1.29 is 4.79 Å². The fourth-order valence-electron chi connectivity index (χ4n) is 2.30. The van der Waals surface area contributed by atoms with Crippen LogP contribution >= 0.6 is 11.6 Å². The molecule has 0 unspecified atom stereocenters. The van der Waals surface area contributed by atoms with Crippen LogP contribution in [0.5, 0.6) is 0 Å². The molecule has 17 heavy (non-hydrogen) atoms. The Morgan fingerprint density at radius 3 is 2.82 bits per heavy atom. The van der Waals surface area contributed by atoms with Crippen molar-refractivity contribution in [2.24, 2.45) is 5.73 Å². The third-order valence-electron chi connectivity index (χ3n) is 3.35. The van der Waals surface area contributed by atoms with Gasteiger partial charge in [-0.25, -0.2) is 0 Å². The quantitative estimate of drug-likeness (QED) is 0.862. The minimum absolute atomic E-state index is 0.162. The second-order valence-electron chi connectivity index (χ2n) is 4.50. The Morgan fingerprint density at radius 2 is 2.24 bits per heavy atom. The number of halogens is 1. The van der Waals surface area contributed by atoms with E-state index in [9.17, 15) is 4.79 Å². The molecule has 0 radical (unpaired) electrons. The first-order valence-electron chi connectivity index (χ1n) is 5.79. The number of nitrogens with zero attached hydrogens (tertiary/aromatic N) is 1. The Hall–Kier alpha value is -1.13. The van der Waals surface area contributed by atoms with Crippen molar-refractivity contribution >= 4 is 17.5 Å². The molecule has 0 aliphatic heterocycles. The van der Waals surface area contributed by atoms with Crippen LogP contribution in [0.4, 0.5) is 0 Å². The summed E-state index contributed by atoms with van der Waals surface area (Å²) in [7, 11) is 0. The normalized spacial score (nSPS) is 18.0. The fourth-order valence-corrected chi connectivity index (χ4v) is 2.50. The summed E-state index contributed by atoms with van der Waals surface area (Å²) in [5, 5.41) is 3.39. The number of rotatable bonds is 3. The SMILES string of the molecule is NCC1(NC(=O)c2ccncc2Cl)CCCC1. The van der Waals surface area contributed by atoms with E-state index in [2.05, 4.69) is 10.3 Å². The Labute approximate surface area is 106 Å². The van der Waals surface area contributed by atoms with E-state index in [0.29, 0.717) is 17.1 Å². The minimum Gasteiger partial charge on any atom is -0.345 e. The smallest absolute Gasteiger partial charge is 0.253 e. The van der Waals surface area contributed by atoms with Crippen LogP contribution in [-0.2, 0) is 0 Å². The Morgan fingerprint density at radius 1 is 1.53 bits per heavy atom. The molecule has 0 atom stereocenters. The van der Waals surface area contributed by atoms with Gasteiger partial charge in [-0.1, -0.05) is 24.4 Å². The maximum Gasteiger partial charge on any atom is 0.253 e. The molecule has 1 aliphatic carbocycles. The molecule has 1 aromatic rings. The molecule has 0 saturated heterocycles. The zero-order valence-electron chi connectivity index (χ0n) is 9.58. The number of amides is 1. The van der Waals surface area contributed by atoms with Gasteiger partial charge in [0.05, 0.1) is 16.1 Å². The van der Waals surface area contributed by atoms with E-state index >= 15 is 0 Å². The monoisotopic (exact) mass is 253 g/mol. The molecule has 1 aliphatic rings. The summed E-state index contributed by atoms with van der Waals surface area (Å²) in [5.74, 6) is -0.162. The Bertz CT molecular complexity index is 416. The highest BCUT2D eigenvalue weighted by Gasteiger charge is 2.34. The Kier molecular flexibility index (Phi) is 3.64. The molecule has 0 bridgehead atoms. The molecule has 92 valence electrons. The first-order valence-corrected chi connectivity index (χ1v) is 6.17. The van der Waals surface area contributed by atoms with Gasteiger partial charge in [0.2, 0.25) is 0 Å². The lowest BCUT2D eigenvalue weighted by Crippen LogP contribution is -2.51. The minimum atomic E-state index is -0.246. The van der Waals surface area contributed by atoms with Crippen molar-refractivity contribution in [3.63, 3.8) is 0 Å². The molecular formula is C12H16ClN3O. The number of nitrogens with two attached hydrogens (primary N) is 1. The highest BCUT2D eigenvalue weighted by molar-refractivity contribution is 6.33. The van der Waals surface area contributed by atoms with Crippen LogP contribution in [0.1, 0.15) is 36.0 Å². The summed E-state index contributed by atoms with van der Waals surface area (Å²) < 4.78 is 0. The van der Waals surface area contributed by atoms with Crippen molar-refractivity contribution in [2.75, 3.05) is 6.54 Å². The summed E-state index contributed by atoms with van der Waals surface area (Å²) in [6, 6.07) is 1.62. The molecule has 1 amide bonds. The van der Waals surface area contributed by atoms with E-state index in [0.717, 1.165) is 25.7 Å². The topological polar surface area (TPSA) is 68.0 Å². The van der Waals surface area contributed by atoms with Crippen molar-refractivity contribution in [1.29, 1.82) is 0 Å². The largest absolute Gasteiger partial charge is 0.345 e. The highest BCUT2D eigenvalue weighted by Crippen LogP contribution is 2.29. The number of pyridine rings is 1. The lowest BCUT2D eigenvalue weighted by molar-refractivity contribution is 0.0903. The van der Waals surface area contributed by atoms with Gasteiger partial charge < -0.3 is 11.1 Å². The average Bonchev–Trinajstić information content (AvgIpc) is 2.79. The first kappa shape index (κ1) is 12.3. The van der Waals surface area contributed by atoms with Gasteiger partial charge in [-0.05, 0) is 18.9 Å². The highest BCUT2D eigenvalue weighted by atomic mass is 35.5. The first-order chi connectivity index (χ1) is 8.17.